The van der Waals surface area contributed by atoms with Gasteiger partial charge >= 0.3 is 0 Å². The molecule has 1 saturated heterocycles. The minimum atomic E-state index is 0.174. The molecule has 7 heteroatoms. The average molecular weight is 382 g/mol. The summed E-state index contributed by atoms with van der Waals surface area (Å²) in [4.78, 5) is 16.9. The van der Waals surface area contributed by atoms with Crippen LogP contribution in [0, 0.1) is 0 Å². The van der Waals surface area contributed by atoms with Crippen molar-refractivity contribution in [3.05, 3.63) is 54.4 Å². The van der Waals surface area contributed by atoms with E-state index in [1.165, 1.54) is 28.1 Å². The molecule has 0 bridgehead atoms. The normalized spacial score (nSPS) is 15.4. The van der Waals surface area contributed by atoms with Crippen LogP contribution in [0.4, 0.5) is 0 Å². The lowest BCUT2D eigenvalue weighted by Crippen LogP contribution is -2.48. The molecule has 140 valence electrons. The van der Waals surface area contributed by atoms with Crippen molar-refractivity contribution in [2.75, 3.05) is 31.9 Å². The standard InChI is InChI=1S/C20H23N5OS/c1-23-15-21-22-20(23)27-14-19(26)25-11-9-24(10-12-25)13-17-7-4-6-16-5-2-3-8-18(16)17/h2-8,15H,9-14H2,1H3. The number of aryl methyl sites for hydroxylation is 1. The molecule has 1 amide bonds. The van der Waals surface area contributed by atoms with Crippen molar-refractivity contribution in [3.8, 4) is 0 Å². The topological polar surface area (TPSA) is 54.3 Å². The Bertz CT molecular complexity index is 928. The molecule has 2 heterocycles. The van der Waals surface area contributed by atoms with Crippen LogP contribution in [0.25, 0.3) is 10.8 Å². The number of benzene rings is 2. The van der Waals surface area contributed by atoms with E-state index in [0.29, 0.717) is 5.75 Å². The Balaban J connectivity index is 1.31. The van der Waals surface area contributed by atoms with Crippen molar-refractivity contribution in [3.63, 3.8) is 0 Å². The number of carbonyl (C=O) groups excluding carboxylic acids is 1. The van der Waals surface area contributed by atoms with Gasteiger partial charge < -0.3 is 9.47 Å². The first-order valence-electron chi connectivity index (χ1n) is 9.14. The molecule has 1 aliphatic rings. The van der Waals surface area contributed by atoms with E-state index in [-0.39, 0.29) is 5.91 Å². The van der Waals surface area contributed by atoms with Gasteiger partial charge in [0, 0.05) is 39.8 Å². The number of piperazine rings is 1. The second kappa shape index (κ2) is 8.10. The Labute approximate surface area is 163 Å². The van der Waals surface area contributed by atoms with Gasteiger partial charge in [-0.05, 0) is 16.3 Å². The van der Waals surface area contributed by atoms with E-state index in [1.807, 2.05) is 16.5 Å². The Morgan fingerprint density at radius 3 is 2.63 bits per heavy atom. The lowest BCUT2D eigenvalue weighted by atomic mass is 10.0. The number of hydrogen-bond acceptors (Lipinski definition) is 5. The molecule has 1 aliphatic heterocycles. The molecular formula is C20H23N5OS. The molecule has 1 aromatic heterocycles. The van der Waals surface area contributed by atoms with Crippen LogP contribution < -0.4 is 0 Å². The van der Waals surface area contributed by atoms with Crippen LogP contribution in [0.5, 0.6) is 0 Å². The Kier molecular flexibility index (Phi) is 5.40. The zero-order valence-corrected chi connectivity index (χ0v) is 16.2. The van der Waals surface area contributed by atoms with Gasteiger partial charge in [-0.25, -0.2) is 0 Å². The summed E-state index contributed by atoms with van der Waals surface area (Å²) in [7, 11) is 1.89. The van der Waals surface area contributed by atoms with Gasteiger partial charge in [-0.1, -0.05) is 54.2 Å². The van der Waals surface area contributed by atoms with Gasteiger partial charge in [-0.2, -0.15) is 0 Å². The SMILES string of the molecule is Cn1cnnc1SCC(=O)N1CCN(Cc2cccc3ccccc23)CC1. The predicted octanol–water partition coefficient (Wildman–Crippen LogP) is 2.40. The van der Waals surface area contributed by atoms with Crippen LogP contribution in [0.1, 0.15) is 5.56 Å². The van der Waals surface area contributed by atoms with Crippen LogP contribution >= 0.6 is 11.8 Å². The van der Waals surface area contributed by atoms with E-state index in [1.54, 1.807) is 6.33 Å². The summed E-state index contributed by atoms with van der Waals surface area (Å²) in [6, 6.07) is 15.0. The largest absolute Gasteiger partial charge is 0.339 e. The number of amides is 1. The fourth-order valence-corrected chi connectivity index (χ4v) is 4.24. The predicted molar refractivity (Wildman–Crippen MR) is 108 cm³/mol. The van der Waals surface area contributed by atoms with Gasteiger partial charge in [-0.15, -0.1) is 10.2 Å². The first kappa shape index (κ1) is 18.0. The Morgan fingerprint density at radius 1 is 1.07 bits per heavy atom. The quantitative estimate of drug-likeness (QED) is 0.635. The Hall–Kier alpha value is -2.38. The minimum Gasteiger partial charge on any atom is -0.339 e. The maximum absolute atomic E-state index is 12.5. The van der Waals surface area contributed by atoms with Crippen molar-refractivity contribution in [2.45, 2.75) is 11.7 Å². The van der Waals surface area contributed by atoms with E-state index < -0.39 is 0 Å². The van der Waals surface area contributed by atoms with E-state index in [4.69, 9.17) is 0 Å². The van der Waals surface area contributed by atoms with Crippen LogP contribution in [-0.2, 0) is 18.4 Å². The van der Waals surface area contributed by atoms with Crippen LogP contribution in [0.15, 0.2) is 53.9 Å². The van der Waals surface area contributed by atoms with Crippen LogP contribution in [0.2, 0.25) is 0 Å². The van der Waals surface area contributed by atoms with E-state index in [0.717, 1.165) is 37.9 Å². The summed E-state index contributed by atoms with van der Waals surface area (Å²) >= 11 is 1.44. The molecule has 0 N–H and O–H groups in total. The van der Waals surface area contributed by atoms with E-state index in [2.05, 4.69) is 57.6 Å². The van der Waals surface area contributed by atoms with Crippen molar-refractivity contribution in [1.82, 2.24) is 24.6 Å². The monoisotopic (exact) mass is 381 g/mol. The molecule has 4 rings (SSSR count). The molecule has 0 unspecified atom stereocenters. The summed E-state index contributed by atoms with van der Waals surface area (Å²) in [6.07, 6.45) is 1.65. The summed E-state index contributed by atoms with van der Waals surface area (Å²) < 4.78 is 1.83. The summed E-state index contributed by atoms with van der Waals surface area (Å²) in [5.74, 6) is 0.586. The second-order valence-electron chi connectivity index (χ2n) is 6.81. The lowest BCUT2D eigenvalue weighted by molar-refractivity contribution is -0.130. The molecule has 0 radical (unpaired) electrons. The molecule has 0 spiro atoms. The number of rotatable bonds is 5. The average Bonchev–Trinajstić information content (AvgIpc) is 3.12. The fourth-order valence-electron chi connectivity index (χ4n) is 3.45. The van der Waals surface area contributed by atoms with Gasteiger partial charge in [0.25, 0.3) is 0 Å². The molecule has 3 aromatic rings. The molecule has 27 heavy (non-hydrogen) atoms. The number of carbonyl (C=O) groups is 1. The highest BCUT2D eigenvalue weighted by molar-refractivity contribution is 7.99. The van der Waals surface area contributed by atoms with Gasteiger partial charge in [0.1, 0.15) is 6.33 Å². The number of hydrogen-bond donors (Lipinski definition) is 0. The van der Waals surface area contributed by atoms with Gasteiger partial charge in [0.2, 0.25) is 5.91 Å². The zero-order valence-electron chi connectivity index (χ0n) is 15.4. The summed E-state index contributed by atoms with van der Waals surface area (Å²) in [5, 5.41) is 11.2. The first-order valence-corrected chi connectivity index (χ1v) is 10.1. The van der Waals surface area contributed by atoms with Gasteiger partial charge in [-0.3, -0.25) is 9.69 Å². The highest BCUT2D eigenvalue weighted by atomic mass is 32.2. The minimum absolute atomic E-state index is 0.174. The molecule has 1 fully saturated rings. The molecule has 0 atom stereocenters. The molecular weight excluding hydrogens is 358 g/mol. The smallest absolute Gasteiger partial charge is 0.233 e. The fraction of sp³-hybridized carbons (Fsp3) is 0.350. The highest BCUT2D eigenvalue weighted by Gasteiger charge is 2.22. The second-order valence-corrected chi connectivity index (χ2v) is 7.75. The van der Waals surface area contributed by atoms with E-state index >= 15 is 0 Å². The third kappa shape index (κ3) is 4.14. The number of aromatic nitrogens is 3. The first-order chi connectivity index (χ1) is 13.2. The summed E-state index contributed by atoms with van der Waals surface area (Å²) in [5.41, 5.74) is 1.35. The molecule has 6 nitrogen and oxygen atoms in total. The van der Waals surface area contributed by atoms with Crippen molar-refractivity contribution in [1.29, 1.82) is 0 Å². The Morgan fingerprint density at radius 2 is 1.85 bits per heavy atom. The van der Waals surface area contributed by atoms with Crippen molar-refractivity contribution < 1.29 is 4.79 Å². The number of nitrogens with zero attached hydrogens (tertiary/aromatic N) is 5. The van der Waals surface area contributed by atoms with Gasteiger partial charge in [0.15, 0.2) is 5.16 Å². The maximum Gasteiger partial charge on any atom is 0.233 e. The third-order valence-electron chi connectivity index (χ3n) is 4.99. The molecule has 0 aliphatic carbocycles. The number of fused-ring (bicyclic) bond motifs is 1. The number of thioether (sulfide) groups is 1. The van der Waals surface area contributed by atoms with Crippen LogP contribution in [-0.4, -0.2) is 62.4 Å². The van der Waals surface area contributed by atoms with E-state index in [9.17, 15) is 4.79 Å². The van der Waals surface area contributed by atoms with Crippen molar-refractivity contribution in [2.24, 2.45) is 7.05 Å². The molecule has 0 saturated carbocycles. The highest BCUT2D eigenvalue weighted by Crippen LogP contribution is 2.21. The summed E-state index contributed by atoms with van der Waals surface area (Å²) in [6.45, 7) is 4.30. The lowest BCUT2D eigenvalue weighted by Gasteiger charge is -2.35. The molecule has 2 aromatic carbocycles. The van der Waals surface area contributed by atoms with Crippen molar-refractivity contribution >= 4 is 28.4 Å². The third-order valence-corrected chi connectivity index (χ3v) is 6.01. The van der Waals surface area contributed by atoms with Crippen LogP contribution in [0.3, 0.4) is 0 Å². The van der Waals surface area contributed by atoms with Gasteiger partial charge in [0.05, 0.1) is 5.75 Å². The maximum atomic E-state index is 12.5. The zero-order chi connectivity index (χ0) is 18.6.